The molecule has 30 heavy (non-hydrogen) atoms. The van der Waals surface area contributed by atoms with Crippen molar-refractivity contribution in [2.75, 3.05) is 36.0 Å². The summed E-state index contributed by atoms with van der Waals surface area (Å²) in [5.74, 6) is 0. The number of aromatic nitrogens is 2. The molecule has 0 saturated carbocycles. The van der Waals surface area contributed by atoms with Gasteiger partial charge >= 0.3 is 0 Å². The first kappa shape index (κ1) is 19.6. The molecular weight excluding hydrogens is 382 g/mol. The molecule has 2 heterocycles. The van der Waals surface area contributed by atoms with Gasteiger partial charge in [0, 0.05) is 54.9 Å². The van der Waals surface area contributed by atoms with Gasteiger partial charge in [0.2, 0.25) is 0 Å². The topological polar surface area (TPSA) is 84.5 Å². The number of para-hydroxylation sites is 1. The van der Waals surface area contributed by atoms with Crippen molar-refractivity contribution in [3.8, 4) is 5.69 Å². The zero-order chi connectivity index (χ0) is 21.3. The Balaban J connectivity index is 1.60. The molecule has 1 fully saturated rings. The Morgan fingerprint density at radius 1 is 0.967 bits per heavy atom. The number of aryl methyl sites for hydroxylation is 2. The molecule has 0 atom stereocenters. The highest BCUT2D eigenvalue weighted by molar-refractivity contribution is 5.84. The number of nitrogens with zero attached hydrogens (tertiary/aromatic N) is 5. The number of piperazine rings is 1. The molecule has 1 aliphatic rings. The van der Waals surface area contributed by atoms with Crippen LogP contribution >= 0.6 is 0 Å². The van der Waals surface area contributed by atoms with E-state index in [1.165, 1.54) is 0 Å². The van der Waals surface area contributed by atoms with Gasteiger partial charge < -0.3 is 9.80 Å². The van der Waals surface area contributed by atoms with E-state index >= 15 is 0 Å². The minimum Gasteiger partial charge on any atom is -0.368 e. The van der Waals surface area contributed by atoms with Gasteiger partial charge in [0.05, 0.1) is 10.6 Å². The van der Waals surface area contributed by atoms with Crippen LogP contribution in [0, 0.1) is 24.0 Å². The fraction of sp³-hybridized carbons (Fsp3) is 0.273. The summed E-state index contributed by atoms with van der Waals surface area (Å²) in [6.07, 6.45) is 0.888. The lowest BCUT2D eigenvalue weighted by Crippen LogP contribution is -2.46. The predicted octanol–water partition coefficient (Wildman–Crippen LogP) is 3.54. The fourth-order valence-electron chi connectivity index (χ4n) is 3.99. The standard InChI is InChI=1S/C22H23N5O3/c1-16-13-17(2)26(23-16)22-14-19(7-8-21(22)27(29)30)24-9-11-25(12-10-24)20-6-4-3-5-18(20)15-28/h3-8,13-15H,9-12H2,1-2H3. The SMILES string of the molecule is Cc1cc(C)n(-c2cc(N3CCN(c4ccccc4C=O)CC3)ccc2[N+](=O)[O-])n1. The van der Waals surface area contributed by atoms with E-state index in [1.54, 1.807) is 16.8 Å². The summed E-state index contributed by atoms with van der Waals surface area (Å²) in [7, 11) is 0. The van der Waals surface area contributed by atoms with Gasteiger partial charge in [0.1, 0.15) is 5.69 Å². The third kappa shape index (κ3) is 3.63. The van der Waals surface area contributed by atoms with Crippen molar-refractivity contribution in [1.29, 1.82) is 0 Å². The van der Waals surface area contributed by atoms with Gasteiger partial charge in [-0.15, -0.1) is 0 Å². The monoisotopic (exact) mass is 405 g/mol. The molecule has 2 aromatic carbocycles. The van der Waals surface area contributed by atoms with Gasteiger partial charge in [-0.2, -0.15) is 5.10 Å². The van der Waals surface area contributed by atoms with Crippen LogP contribution in [-0.4, -0.2) is 47.2 Å². The average molecular weight is 405 g/mol. The Morgan fingerprint density at radius 2 is 1.67 bits per heavy atom. The Labute approximate surface area is 174 Å². The number of anilines is 2. The normalized spacial score (nSPS) is 14.1. The summed E-state index contributed by atoms with van der Waals surface area (Å²) in [6, 6.07) is 14.7. The maximum atomic E-state index is 11.6. The highest BCUT2D eigenvalue weighted by Gasteiger charge is 2.23. The number of aldehydes is 1. The molecule has 0 aliphatic carbocycles. The Bertz CT molecular complexity index is 1100. The van der Waals surface area contributed by atoms with Crippen molar-refractivity contribution in [3.05, 3.63) is 75.6 Å². The maximum Gasteiger partial charge on any atom is 0.295 e. The largest absolute Gasteiger partial charge is 0.368 e. The zero-order valence-corrected chi connectivity index (χ0v) is 17.0. The smallest absolute Gasteiger partial charge is 0.295 e. The van der Waals surface area contributed by atoms with Crippen LogP contribution in [0.2, 0.25) is 0 Å². The number of carbonyl (C=O) groups excluding carboxylic acids is 1. The molecule has 0 N–H and O–H groups in total. The molecule has 4 rings (SSSR count). The Hall–Kier alpha value is -3.68. The van der Waals surface area contributed by atoms with Gasteiger partial charge in [-0.1, -0.05) is 12.1 Å². The molecule has 0 spiro atoms. The van der Waals surface area contributed by atoms with Crippen LogP contribution < -0.4 is 9.80 Å². The van der Waals surface area contributed by atoms with Crippen LogP contribution in [0.4, 0.5) is 17.1 Å². The van der Waals surface area contributed by atoms with E-state index in [0.717, 1.165) is 55.2 Å². The van der Waals surface area contributed by atoms with Crippen molar-refractivity contribution in [2.24, 2.45) is 0 Å². The van der Waals surface area contributed by atoms with E-state index < -0.39 is 0 Å². The van der Waals surface area contributed by atoms with Crippen LogP contribution in [0.15, 0.2) is 48.5 Å². The fourth-order valence-corrected chi connectivity index (χ4v) is 3.99. The van der Waals surface area contributed by atoms with Gasteiger partial charge in [0.25, 0.3) is 5.69 Å². The van der Waals surface area contributed by atoms with Crippen LogP contribution in [0.5, 0.6) is 0 Å². The number of benzene rings is 2. The number of rotatable bonds is 5. The second kappa shape index (κ2) is 7.98. The maximum absolute atomic E-state index is 11.6. The molecule has 0 unspecified atom stereocenters. The van der Waals surface area contributed by atoms with E-state index in [0.29, 0.717) is 11.3 Å². The molecule has 0 bridgehead atoms. The first-order chi connectivity index (χ1) is 14.5. The molecule has 8 nitrogen and oxygen atoms in total. The van der Waals surface area contributed by atoms with Crippen molar-refractivity contribution in [2.45, 2.75) is 13.8 Å². The molecule has 1 saturated heterocycles. The Morgan fingerprint density at radius 3 is 2.30 bits per heavy atom. The molecule has 8 heteroatoms. The first-order valence-electron chi connectivity index (χ1n) is 9.84. The summed E-state index contributed by atoms with van der Waals surface area (Å²) >= 11 is 0. The lowest BCUT2D eigenvalue weighted by molar-refractivity contribution is -0.384. The minimum atomic E-state index is -0.371. The number of nitro benzene ring substituents is 1. The highest BCUT2D eigenvalue weighted by atomic mass is 16.6. The van der Waals surface area contributed by atoms with E-state index in [4.69, 9.17) is 0 Å². The lowest BCUT2D eigenvalue weighted by atomic mass is 10.1. The molecule has 0 amide bonds. The third-order valence-corrected chi connectivity index (χ3v) is 5.44. The third-order valence-electron chi connectivity index (χ3n) is 5.44. The summed E-state index contributed by atoms with van der Waals surface area (Å²) < 4.78 is 1.63. The molecule has 154 valence electrons. The first-order valence-corrected chi connectivity index (χ1v) is 9.84. The van der Waals surface area contributed by atoms with Crippen LogP contribution in [0.1, 0.15) is 21.7 Å². The average Bonchev–Trinajstić information content (AvgIpc) is 3.11. The van der Waals surface area contributed by atoms with Gasteiger partial charge in [-0.3, -0.25) is 14.9 Å². The molecule has 1 aromatic heterocycles. The summed E-state index contributed by atoms with van der Waals surface area (Å²) in [5, 5.41) is 16.0. The minimum absolute atomic E-state index is 0.0310. The van der Waals surface area contributed by atoms with E-state index in [9.17, 15) is 14.9 Å². The van der Waals surface area contributed by atoms with Gasteiger partial charge in [0.15, 0.2) is 6.29 Å². The van der Waals surface area contributed by atoms with Crippen molar-refractivity contribution >= 4 is 23.3 Å². The summed E-state index contributed by atoms with van der Waals surface area (Å²) in [4.78, 5) is 27.0. The van der Waals surface area contributed by atoms with Gasteiger partial charge in [-0.25, -0.2) is 4.68 Å². The summed E-state index contributed by atoms with van der Waals surface area (Å²) in [6.45, 7) is 6.78. The molecular formula is C22H23N5O3. The van der Waals surface area contributed by atoms with Crippen LogP contribution in [-0.2, 0) is 0 Å². The molecule has 0 radical (unpaired) electrons. The number of hydrogen-bond donors (Lipinski definition) is 0. The quantitative estimate of drug-likeness (QED) is 0.367. The zero-order valence-electron chi connectivity index (χ0n) is 17.0. The lowest BCUT2D eigenvalue weighted by Gasteiger charge is -2.38. The highest BCUT2D eigenvalue weighted by Crippen LogP contribution is 2.30. The number of hydrogen-bond acceptors (Lipinski definition) is 6. The van der Waals surface area contributed by atoms with E-state index in [2.05, 4.69) is 14.9 Å². The van der Waals surface area contributed by atoms with Crippen molar-refractivity contribution < 1.29 is 9.72 Å². The summed E-state index contributed by atoms with van der Waals surface area (Å²) in [5.41, 5.74) is 4.72. The second-order valence-corrected chi connectivity index (χ2v) is 7.42. The van der Waals surface area contributed by atoms with Crippen molar-refractivity contribution in [1.82, 2.24) is 9.78 Å². The number of nitro groups is 1. The molecule has 1 aliphatic heterocycles. The van der Waals surface area contributed by atoms with Crippen LogP contribution in [0.3, 0.4) is 0 Å². The van der Waals surface area contributed by atoms with Gasteiger partial charge in [-0.05, 0) is 44.2 Å². The second-order valence-electron chi connectivity index (χ2n) is 7.42. The molecule has 3 aromatic rings. The predicted molar refractivity (Wildman–Crippen MR) is 116 cm³/mol. The van der Waals surface area contributed by atoms with E-state index in [-0.39, 0.29) is 10.6 Å². The van der Waals surface area contributed by atoms with Crippen LogP contribution in [0.25, 0.3) is 5.69 Å². The Kier molecular flexibility index (Phi) is 5.22. The van der Waals surface area contributed by atoms with E-state index in [1.807, 2.05) is 50.2 Å². The van der Waals surface area contributed by atoms with Crippen molar-refractivity contribution in [3.63, 3.8) is 0 Å². The number of carbonyl (C=O) groups is 1.